The molecule has 0 aromatic heterocycles. The Bertz CT molecular complexity index is 815. The minimum atomic E-state index is -0.483. The van der Waals surface area contributed by atoms with Crippen molar-refractivity contribution in [2.24, 2.45) is 11.0 Å². The minimum Gasteiger partial charge on any atom is -0.319 e. The van der Waals surface area contributed by atoms with E-state index in [1.807, 2.05) is 6.92 Å². The number of carbonyl (C=O) groups excluding carboxylic acids is 2. The van der Waals surface area contributed by atoms with Crippen LogP contribution in [-0.4, -0.2) is 17.5 Å². The number of anilines is 1. The Kier molecular flexibility index (Phi) is 4.37. The Morgan fingerprint density at radius 3 is 2.58 bits per heavy atom. The lowest BCUT2D eigenvalue weighted by Gasteiger charge is -2.19. The second-order valence-electron chi connectivity index (χ2n) is 5.65. The Morgan fingerprint density at radius 1 is 1.21 bits per heavy atom. The van der Waals surface area contributed by atoms with Crippen LogP contribution in [0, 0.1) is 11.7 Å². The van der Waals surface area contributed by atoms with Crippen LogP contribution in [0.3, 0.4) is 0 Å². The van der Waals surface area contributed by atoms with Gasteiger partial charge in [-0.25, -0.2) is 9.82 Å². The molecule has 0 saturated carbocycles. The van der Waals surface area contributed by atoms with Crippen molar-refractivity contribution in [3.8, 4) is 0 Å². The van der Waals surface area contributed by atoms with Crippen molar-refractivity contribution >= 4 is 23.2 Å². The summed E-state index contributed by atoms with van der Waals surface area (Å²) >= 11 is 0. The zero-order valence-electron chi connectivity index (χ0n) is 13.0. The molecule has 6 heteroatoms. The van der Waals surface area contributed by atoms with E-state index in [1.165, 1.54) is 12.1 Å². The second-order valence-corrected chi connectivity index (χ2v) is 5.65. The number of hydrazone groups is 1. The summed E-state index contributed by atoms with van der Waals surface area (Å²) in [6.45, 7) is 1.93. The van der Waals surface area contributed by atoms with E-state index in [4.69, 9.17) is 0 Å². The van der Waals surface area contributed by atoms with Crippen molar-refractivity contribution in [2.45, 2.75) is 13.3 Å². The van der Waals surface area contributed by atoms with E-state index in [-0.39, 0.29) is 17.5 Å². The van der Waals surface area contributed by atoms with Crippen LogP contribution in [0.1, 0.15) is 29.3 Å². The van der Waals surface area contributed by atoms with Crippen molar-refractivity contribution in [1.82, 2.24) is 5.43 Å². The van der Waals surface area contributed by atoms with Crippen LogP contribution in [-0.2, 0) is 4.79 Å². The summed E-state index contributed by atoms with van der Waals surface area (Å²) < 4.78 is 13.6. The maximum atomic E-state index is 13.6. The first-order valence-electron chi connectivity index (χ1n) is 7.57. The topological polar surface area (TPSA) is 70.6 Å². The monoisotopic (exact) mass is 325 g/mol. The van der Waals surface area contributed by atoms with Gasteiger partial charge in [-0.3, -0.25) is 9.59 Å². The molecule has 24 heavy (non-hydrogen) atoms. The van der Waals surface area contributed by atoms with Gasteiger partial charge in [0.05, 0.1) is 11.4 Å². The van der Waals surface area contributed by atoms with Crippen LogP contribution in [0.15, 0.2) is 53.6 Å². The molecule has 0 spiro atoms. The fourth-order valence-electron chi connectivity index (χ4n) is 2.55. The molecule has 0 saturated heterocycles. The number of halogens is 1. The first-order valence-corrected chi connectivity index (χ1v) is 7.57. The van der Waals surface area contributed by atoms with Crippen molar-refractivity contribution in [1.29, 1.82) is 0 Å². The summed E-state index contributed by atoms with van der Waals surface area (Å²) in [4.78, 5) is 23.5. The predicted molar refractivity (Wildman–Crippen MR) is 89.3 cm³/mol. The number of nitrogens with zero attached hydrogens (tertiary/aromatic N) is 1. The van der Waals surface area contributed by atoms with Crippen LogP contribution in [0.5, 0.6) is 0 Å². The number of rotatable bonds is 3. The number of para-hydroxylation sites is 1. The third-order valence-electron chi connectivity index (χ3n) is 3.82. The molecule has 0 radical (unpaired) electrons. The zero-order valence-corrected chi connectivity index (χ0v) is 13.0. The molecule has 2 aromatic rings. The Balaban J connectivity index is 1.76. The highest BCUT2D eigenvalue weighted by atomic mass is 19.1. The molecule has 1 heterocycles. The SMILES string of the molecule is CC1CC(=O)NN=C1c1ccc(C(=O)Nc2ccccc2F)cc1. The third-order valence-corrected chi connectivity index (χ3v) is 3.82. The van der Waals surface area contributed by atoms with Crippen LogP contribution >= 0.6 is 0 Å². The van der Waals surface area contributed by atoms with Gasteiger partial charge < -0.3 is 5.32 Å². The molecule has 1 atom stereocenters. The maximum absolute atomic E-state index is 13.6. The molecule has 1 aliphatic rings. The normalized spacial score (nSPS) is 17.0. The van der Waals surface area contributed by atoms with Gasteiger partial charge in [-0.2, -0.15) is 5.10 Å². The maximum Gasteiger partial charge on any atom is 0.255 e. The lowest BCUT2D eigenvalue weighted by atomic mass is 9.93. The summed E-state index contributed by atoms with van der Waals surface area (Å²) in [5.74, 6) is -0.967. The summed E-state index contributed by atoms with van der Waals surface area (Å²) in [6.07, 6.45) is 0.383. The molecule has 2 amide bonds. The van der Waals surface area contributed by atoms with Gasteiger partial charge in [0.2, 0.25) is 5.91 Å². The Morgan fingerprint density at radius 2 is 1.92 bits per heavy atom. The van der Waals surface area contributed by atoms with E-state index in [2.05, 4.69) is 15.8 Å². The van der Waals surface area contributed by atoms with Gasteiger partial charge in [-0.1, -0.05) is 31.2 Å². The van der Waals surface area contributed by atoms with Crippen molar-refractivity contribution < 1.29 is 14.0 Å². The average molecular weight is 325 g/mol. The van der Waals surface area contributed by atoms with Gasteiger partial charge in [0, 0.05) is 17.9 Å². The second kappa shape index (κ2) is 6.62. The molecular formula is C18H16FN3O2. The highest BCUT2D eigenvalue weighted by Crippen LogP contribution is 2.18. The fraction of sp³-hybridized carbons (Fsp3) is 0.167. The van der Waals surface area contributed by atoms with Crippen molar-refractivity contribution in [3.05, 3.63) is 65.5 Å². The molecule has 2 N–H and O–H groups in total. The Hall–Kier alpha value is -3.02. The van der Waals surface area contributed by atoms with Crippen molar-refractivity contribution in [3.63, 3.8) is 0 Å². The summed E-state index contributed by atoms with van der Waals surface area (Å²) in [5.41, 5.74) is 4.63. The quantitative estimate of drug-likeness (QED) is 0.911. The van der Waals surface area contributed by atoms with Gasteiger partial charge >= 0.3 is 0 Å². The molecule has 2 aromatic carbocycles. The molecule has 3 rings (SSSR count). The lowest BCUT2D eigenvalue weighted by molar-refractivity contribution is -0.121. The van der Waals surface area contributed by atoms with E-state index in [0.29, 0.717) is 12.0 Å². The van der Waals surface area contributed by atoms with E-state index in [1.54, 1.807) is 36.4 Å². The lowest BCUT2D eigenvalue weighted by Crippen LogP contribution is -2.31. The molecule has 1 unspecified atom stereocenters. The predicted octanol–water partition coefficient (Wildman–Crippen LogP) is 2.94. The van der Waals surface area contributed by atoms with Crippen LogP contribution < -0.4 is 10.7 Å². The van der Waals surface area contributed by atoms with Crippen LogP contribution in [0.25, 0.3) is 0 Å². The van der Waals surface area contributed by atoms with Gasteiger partial charge in [0.1, 0.15) is 5.82 Å². The number of carbonyl (C=O) groups is 2. The average Bonchev–Trinajstić information content (AvgIpc) is 2.57. The molecule has 0 aliphatic carbocycles. The van der Waals surface area contributed by atoms with Gasteiger partial charge in [-0.15, -0.1) is 0 Å². The van der Waals surface area contributed by atoms with E-state index in [0.717, 1.165) is 11.3 Å². The van der Waals surface area contributed by atoms with E-state index < -0.39 is 11.7 Å². The third kappa shape index (κ3) is 3.32. The first-order chi connectivity index (χ1) is 11.5. The molecule has 5 nitrogen and oxygen atoms in total. The Labute approximate surface area is 138 Å². The van der Waals surface area contributed by atoms with Gasteiger partial charge in [0.15, 0.2) is 0 Å². The van der Waals surface area contributed by atoms with Crippen molar-refractivity contribution in [2.75, 3.05) is 5.32 Å². The van der Waals surface area contributed by atoms with Crippen LogP contribution in [0.2, 0.25) is 0 Å². The molecule has 0 fully saturated rings. The number of hydrogen-bond acceptors (Lipinski definition) is 3. The van der Waals surface area contributed by atoms with Crippen LogP contribution in [0.4, 0.5) is 10.1 Å². The number of amides is 2. The number of nitrogens with one attached hydrogen (secondary N) is 2. The fourth-order valence-corrected chi connectivity index (χ4v) is 2.55. The van der Waals surface area contributed by atoms with E-state index >= 15 is 0 Å². The standard InChI is InChI=1S/C18H16FN3O2/c1-11-10-16(23)21-22-17(11)12-6-8-13(9-7-12)18(24)20-15-5-3-2-4-14(15)19/h2-9,11H,10H2,1H3,(H,20,24)(H,21,23). The highest BCUT2D eigenvalue weighted by Gasteiger charge is 2.21. The first kappa shape index (κ1) is 15.9. The minimum absolute atomic E-state index is 0.0110. The highest BCUT2D eigenvalue weighted by molar-refractivity contribution is 6.07. The van der Waals surface area contributed by atoms with E-state index in [9.17, 15) is 14.0 Å². The van der Waals surface area contributed by atoms with Gasteiger partial charge in [0.25, 0.3) is 5.91 Å². The smallest absolute Gasteiger partial charge is 0.255 e. The molecule has 0 bridgehead atoms. The number of hydrogen-bond donors (Lipinski definition) is 2. The number of benzene rings is 2. The molecular weight excluding hydrogens is 309 g/mol. The zero-order chi connectivity index (χ0) is 17.1. The largest absolute Gasteiger partial charge is 0.319 e. The summed E-state index contributed by atoms with van der Waals surface area (Å²) in [5, 5.41) is 6.62. The van der Waals surface area contributed by atoms with Gasteiger partial charge in [-0.05, 0) is 29.8 Å². The summed E-state index contributed by atoms with van der Waals surface area (Å²) in [7, 11) is 0. The molecule has 122 valence electrons. The molecule has 1 aliphatic heterocycles. The summed E-state index contributed by atoms with van der Waals surface area (Å²) in [6, 6.07) is 12.8.